The second-order valence-electron chi connectivity index (χ2n) is 5.01. The molecule has 0 radical (unpaired) electrons. The minimum atomic E-state index is -1.08. The Bertz CT molecular complexity index is 746. The van der Waals surface area contributed by atoms with Crippen LogP contribution in [0.25, 0.3) is 0 Å². The van der Waals surface area contributed by atoms with E-state index < -0.39 is 35.5 Å². The molecule has 2 heterocycles. The number of aromatic nitrogens is 2. The van der Waals surface area contributed by atoms with Crippen molar-refractivity contribution in [1.82, 2.24) is 9.55 Å². The van der Waals surface area contributed by atoms with Crippen LogP contribution in [-0.2, 0) is 19.1 Å². The number of aryl methyl sites for hydroxylation is 1. The molecule has 0 bridgehead atoms. The number of aliphatic carboxylic acids is 1. The molecule has 9 heteroatoms. The maximum Gasteiger partial charge on any atom is 0.330 e. The maximum atomic E-state index is 11.8. The highest BCUT2D eigenvalue weighted by Crippen LogP contribution is 2.19. The molecule has 0 fully saturated rings. The molecule has 1 aliphatic rings. The van der Waals surface area contributed by atoms with Gasteiger partial charge in [0.15, 0.2) is 6.23 Å². The minimum Gasteiger partial charge on any atom is -0.481 e. The summed E-state index contributed by atoms with van der Waals surface area (Å²) >= 11 is 0. The molecule has 0 spiro atoms. The van der Waals surface area contributed by atoms with Gasteiger partial charge in [-0.3, -0.25) is 23.9 Å². The van der Waals surface area contributed by atoms with Crippen LogP contribution in [0.3, 0.4) is 0 Å². The first kappa shape index (κ1) is 16.7. The Morgan fingerprint density at radius 3 is 2.78 bits per heavy atom. The lowest BCUT2D eigenvalue weighted by Gasteiger charge is -2.16. The van der Waals surface area contributed by atoms with E-state index in [9.17, 15) is 19.2 Å². The summed E-state index contributed by atoms with van der Waals surface area (Å²) in [6.07, 6.45) is 2.85. The topological polar surface area (TPSA) is 128 Å². The lowest BCUT2D eigenvalue weighted by atomic mass is 10.3. The summed E-state index contributed by atoms with van der Waals surface area (Å²) in [6.45, 7) is 1.48. The van der Waals surface area contributed by atoms with Crippen molar-refractivity contribution in [2.24, 2.45) is 0 Å². The van der Waals surface area contributed by atoms with Gasteiger partial charge in [0.2, 0.25) is 0 Å². The number of aromatic amines is 1. The average molecular weight is 324 g/mol. The highest BCUT2D eigenvalue weighted by Gasteiger charge is 2.23. The van der Waals surface area contributed by atoms with Gasteiger partial charge < -0.3 is 14.6 Å². The number of H-pyrrole nitrogens is 1. The van der Waals surface area contributed by atoms with E-state index in [0.29, 0.717) is 5.56 Å². The molecule has 1 aromatic heterocycles. The van der Waals surface area contributed by atoms with Crippen molar-refractivity contribution in [3.63, 3.8) is 0 Å². The molecular formula is C14H16N2O7. The van der Waals surface area contributed by atoms with Gasteiger partial charge >= 0.3 is 17.6 Å². The molecular weight excluding hydrogens is 308 g/mol. The van der Waals surface area contributed by atoms with E-state index in [1.54, 1.807) is 19.1 Å². The van der Waals surface area contributed by atoms with Crippen molar-refractivity contribution < 1.29 is 24.2 Å². The van der Waals surface area contributed by atoms with Gasteiger partial charge in [0.1, 0.15) is 12.7 Å². The van der Waals surface area contributed by atoms with Crippen molar-refractivity contribution in [3.8, 4) is 0 Å². The van der Waals surface area contributed by atoms with Gasteiger partial charge in [0.05, 0.1) is 12.8 Å². The van der Waals surface area contributed by atoms with Crippen molar-refractivity contribution in [2.45, 2.75) is 32.1 Å². The van der Waals surface area contributed by atoms with Crippen molar-refractivity contribution in [1.29, 1.82) is 0 Å². The van der Waals surface area contributed by atoms with Crippen molar-refractivity contribution in [2.75, 3.05) is 6.61 Å². The highest BCUT2D eigenvalue weighted by molar-refractivity contribution is 5.76. The quantitative estimate of drug-likeness (QED) is 0.543. The molecule has 0 amide bonds. The van der Waals surface area contributed by atoms with Crippen LogP contribution in [0.2, 0.25) is 0 Å². The fourth-order valence-corrected chi connectivity index (χ4v) is 1.97. The van der Waals surface area contributed by atoms with E-state index in [0.717, 1.165) is 0 Å². The maximum absolute atomic E-state index is 11.8. The molecule has 2 N–H and O–H groups in total. The molecule has 0 aromatic carbocycles. The molecule has 0 aliphatic carbocycles. The zero-order valence-corrected chi connectivity index (χ0v) is 12.4. The molecule has 0 saturated carbocycles. The molecule has 0 unspecified atom stereocenters. The molecule has 9 nitrogen and oxygen atoms in total. The average Bonchev–Trinajstić information content (AvgIpc) is 2.95. The minimum absolute atomic E-state index is 0.0808. The molecule has 1 aromatic rings. The van der Waals surface area contributed by atoms with Gasteiger partial charge in [-0.2, -0.15) is 0 Å². The molecule has 2 atom stereocenters. The number of rotatable bonds is 6. The Balaban J connectivity index is 1.90. The third-order valence-electron chi connectivity index (χ3n) is 3.18. The molecule has 1 aliphatic heterocycles. The number of hydrogen-bond donors (Lipinski definition) is 2. The summed E-state index contributed by atoms with van der Waals surface area (Å²) in [7, 11) is 0. The third kappa shape index (κ3) is 4.39. The number of nitrogens with zero attached hydrogens (tertiary/aromatic N) is 1. The summed E-state index contributed by atoms with van der Waals surface area (Å²) in [4.78, 5) is 46.9. The van der Waals surface area contributed by atoms with Gasteiger partial charge in [0.25, 0.3) is 5.56 Å². The summed E-state index contributed by atoms with van der Waals surface area (Å²) in [5.41, 5.74) is -0.698. The second-order valence-corrected chi connectivity index (χ2v) is 5.01. The smallest absolute Gasteiger partial charge is 0.330 e. The first-order valence-electron chi connectivity index (χ1n) is 6.90. The van der Waals surface area contributed by atoms with Crippen LogP contribution < -0.4 is 11.2 Å². The second kappa shape index (κ2) is 7.05. The first-order chi connectivity index (χ1) is 10.9. The lowest BCUT2D eigenvalue weighted by molar-refractivity contribution is -0.150. The monoisotopic (exact) mass is 324 g/mol. The largest absolute Gasteiger partial charge is 0.481 e. The standard InChI is InChI=1S/C14H16N2O7/c1-8-6-16(14(21)15-13(8)20)10-3-2-9(23-10)7-22-12(19)5-4-11(17)18/h2-3,6,9-10H,4-5,7H2,1H3,(H,17,18)(H,15,20,21)/t9-,10+/m0/s1. The number of hydrogen-bond acceptors (Lipinski definition) is 6. The lowest BCUT2D eigenvalue weighted by Crippen LogP contribution is -2.33. The summed E-state index contributed by atoms with van der Waals surface area (Å²) in [5, 5.41) is 8.47. The van der Waals surface area contributed by atoms with Gasteiger partial charge in [-0.15, -0.1) is 0 Å². The van der Waals surface area contributed by atoms with E-state index >= 15 is 0 Å². The van der Waals surface area contributed by atoms with Crippen LogP contribution in [0.4, 0.5) is 0 Å². The predicted octanol–water partition coefficient (Wildman–Crippen LogP) is -0.293. The SMILES string of the molecule is Cc1cn([C@H]2C=C[C@@H](COC(=O)CCC(=O)O)O2)c(=O)[nH]c1=O. The molecule has 23 heavy (non-hydrogen) atoms. The number of carbonyl (C=O) groups excluding carboxylic acids is 1. The van der Waals surface area contributed by atoms with Gasteiger partial charge in [0, 0.05) is 11.8 Å². The summed E-state index contributed by atoms with van der Waals surface area (Å²) in [6, 6.07) is 0. The summed E-state index contributed by atoms with van der Waals surface area (Å²) < 4.78 is 11.7. The van der Waals surface area contributed by atoms with E-state index in [1.807, 2.05) is 0 Å². The van der Waals surface area contributed by atoms with Gasteiger partial charge in [-0.25, -0.2) is 4.79 Å². The zero-order chi connectivity index (χ0) is 17.0. The number of ether oxygens (including phenoxy) is 2. The van der Waals surface area contributed by atoms with Crippen LogP contribution in [0, 0.1) is 6.92 Å². The van der Waals surface area contributed by atoms with Crippen LogP contribution >= 0.6 is 0 Å². The normalized spacial score (nSPS) is 19.7. The summed E-state index contributed by atoms with van der Waals surface area (Å²) in [5.74, 6) is -1.71. The van der Waals surface area contributed by atoms with Crippen LogP contribution in [0.1, 0.15) is 24.6 Å². The van der Waals surface area contributed by atoms with E-state index in [-0.39, 0.29) is 19.4 Å². The van der Waals surface area contributed by atoms with Gasteiger partial charge in [-0.1, -0.05) is 6.08 Å². The third-order valence-corrected chi connectivity index (χ3v) is 3.18. The fourth-order valence-electron chi connectivity index (χ4n) is 1.97. The highest BCUT2D eigenvalue weighted by atomic mass is 16.6. The van der Waals surface area contributed by atoms with Crippen molar-refractivity contribution in [3.05, 3.63) is 44.8 Å². The zero-order valence-electron chi connectivity index (χ0n) is 12.4. The Morgan fingerprint density at radius 2 is 2.09 bits per heavy atom. The number of carbonyl (C=O) groups is 2. The Kier molecular flexibility index (Phi) is 5.12. The fraction of sp³-hybridized carbons (Fsp3) is 0.429. The number of esters is 1. The predicted molar refractivity (Wildman–Crippen MR) is 76.9 cm³/mol. The van der Waals surface area contributed by atoms with Crippen LogP contribution in [0.5, 0.6) is 0 Å². The van der Waals surface area contributed by atoms with Gasteiger partial charge in [-0.05, 0) is 13.0 Å². The van der Waals surface area contributed by atoms with E-state index in [4.69, 9.17) is 14.6 Å². The molecule has 124 valence electrons. The number of carboxylic acids is 1. The molecule has 2 rings (SSSR count). The Hall–Kier alpha value is -2.68. The van der Waals surface area contributed by atoms with Crippen LogP contribution in [-0.4, -0.2) is 39.3 Å². The first-order valence-corrected chi connectivity index (χ1v) is 6.90. The number of nitrogens with one attached hydrogen (secondary N) is 1. The Labute approximate surface area is 130 Å². The van der Waals surface area contributed by atoms with Crippen molar-refractivity contribution >= 4 is 11.9 Å². The van der Waals surface area contributed by atoms with E-state index in [1.165, 1.54) is 10.8 Å². The molecule has 0 saturated heterocycles. The Morgan fingerprint density at radius 1 is 1.35 bits per heavy atom. The number of carboxylic acid groups (broad SMARTS) is 1. The van der Waals surface area contributed by atoms with E-state index in [2.05, 4.69) is 4.98 Å². The van der Waals surface area contributed by atoms with Crippen LogP contribution in [0.15, 0.2) is 27.9 Å².